The van der Waals surface area contributed by atoms with Crippen LogP contribution in [0.25, 0.3) is 0 Å². The zero-order valence-corrected chi connectivity index (χ0v) is 42.1. The number of ether oxygens (including phenoxy) is 15. The van der Waals surface area contributed by atoms with Crippen molar-refractivity contribution in [3.05, 3.63) is 0 Å². The first kappa shape index (κ1) is 64.1. The molecule has 21 heterocycles. The van der Waals surface area contributed by atoms with Crippen molar-refractivity contribution in [2.75, 3.05) is 46.2 Å². The van der Waals surface area contributed by atoms with E-state index in [-0.39, 0.29) is 0 Å². The first-order chi connectivity index (χ1) is 38.0. The van der Waals surface area contributed by atoms with Gasteiger partial charge in [0, 0.05) is 6.92 Å². The minimum Gasteiger partial charge on any atom is -0.463 e. The molecule has 36 nitrogen and oxygen atoms in total. The average Bonchev–Trinajstić information content (AvgIpc) is 3.54. The van der Waals surface area contributed by atoms with Crippen LogP contribution in [-0.2, 0) is 75.8 Å². The van der Waals surface area contributed by atoms with Gasteiger partial charge in [-0.15, -0.1) is 0 Å². The van der Waals surface area contributed by atoms with E-state index in [1.165, 1.54) is 0 Å². The maximum Gasteiger partial charge on any atom is 0.302 e. The molecule has 0 aliphatic carbocycles. The Hall–Kier alpha value is -1.89. The maximum atomic E-state index is 12.0. The SMILES string of the molecule is CC(=O)OC[C@H]1O[C@@H]2O[C@H]3[C@H](O)[C@@H](O)[C@@H](O[C@H]4[C@H](O)[C@@H](O)[C@@H](O[C@H]5[C@H](O)[C@@H](O)[C@@H](O[C@H]6[C@H](O)[C@@H](O)[C@@H](O[C@H]7[C@H](O)[C@@H](O)[C@@H](O[C@H]8[C@H](O)[C@@H](O)[C@@H](O[C@H]1[C@H](O)[C@H]2O)O[C@@H]8CO)O[C@@H]7CO)O[C@@H]6CO)O[C@@H]5CO)O[C@@H]4CO)O[C@@H]3CO. The molecule has 0 saturated carbocycles. The van der Waals surface area contributed by atoms with Gasteiger partial charge in [0.05, 0.1) is 39.6 Å². The first-order valence-corrected chi connectivity index (χ1v) is 25.5. The molecule has 35 atom stereocenters. The van der Waals surface area contributed by atoms with Gasteiger partial charge in [0.2, 0.25) is 0 Å². The fourth-order valence-corrected chi connectivity index (χ4v) is 10.6. The van der Waals surface area contributed by atoms with Crippen LogP contribution < -0.4 is 0 Å². The average molecular weight is 1180 g/mol. The summed E-state index contributed by atoms with van der Waals surface area (Å²) < 4.78 is 85.1. The molecule has 80 heavy (non-hydrogen) atoms. The molecule has 0 aromatic rings. The molecular weight excluding hydrogens is 1100 g/mol. The van der Waals surface area contributed by atoms with Crippen LogP contribution in [0.1, 0.15) is 6.92 Å². The van der Waals surface area contributed by atoms with Crippen LogP contribution in [0, 0.1) is 0 Å². The van der Waals surface area contributed by atoms with Crippen molar-refractivity contribution in [1.82, 2.24) is 0 Å². The van der Waals surface area contributed by atoms with Gasteiger partial charge < -0.3 is 173 Å². The molecule has 21 saturated heterocycles. The molecule has 14 bridgehead atoms. The summed E-state index contributed by atoms with van der Waals surface area (Å²) in [6, 6.07) is 0. The summed E-state index contributed by atoms with van der Waals surface area (Å²) in [5, 5.41) is 221. The van der Waals surface area contributed by atoms with Crippen molar-refractivity contribution in [2.24, 2.45) is 0 Å². The van der Waals surface area contributed by atoms with Crippen LogP contribution in [0.5, 0.6) is 0 Å². The third-order valence-corrected chi connectivity index (χ3v) is 15.1. The van der Waals surface area contributed by atoms with Crippen molar-refractivity contribution in [2.45, 2.75) is 222 Å². The number of hydrogen-bond donors (Lipinski definition) is 20. The van der Waals surface area contributed by atoms with Crippen molar-refractivity contribution in [1.29, 1.82) is 0 Å². The number of aliphatic hydroxyl groups is 20. The Labute approximate surface area is 451 Å². The Kier molecular flexibility index (Phi) is 21.8. The molecule has 0 radical (unpaired) electrons. The van der Waals surface area contributed by atoms with Crippen LogP contribution in [0.2, 0.25) is 0 Å². The van der Waals surface area contributed by atoms with Gasteiger partial charge in [-0.3, -0.25) is 4.79 Å². The highest BCUT2D eigenvalue weighted by atomic mass is 16.8. The fraction of sp³-hybridized carbons (Fsp3) is 0.977. The molecule has 21 rings (SSSR count). The highest BCUT2D eigenvalue weighted by molar-refractivity contribution is 5.65. The van der Waals surface area contributed by atoms with E-state index in [4.69, 9.17) is 71.1 Å². The Morgan fingerprint density at radius 2 is 0.412 bits per heavy atom. The Balaban J connectivity index is 1.09. The van der Waals surface area contributed by atoms with Crippen LogP contribution in [0.3, 0.4) is 0 Å². The molecule has 21 aliphatic heterocycles. The van der Waals surface area contributed by atoms with E-state index < -0.39 is 267 Å². The summed E-state index contributed by atoms with van der Waals surface area (Å²) in [5.74, 6) is -0.917. The van der Waals surface area contributed by atoms with Crippen LogP contribution in [0.4, 0.5) is 0 Å². The predicted molar refractivity (Wildman–Crippen MR) is 238 cm³/mol. The molecule has 0 aromatic heterocycles. The minimum absolute atomic E-state index is 0.815. The van der Waals surface area contributed by atoms with Crippen molar-refractivity contribution >= 4 is 5.97 Å². The summed E-state index contributed by atoms with van der Waals surface area (Å²) in [6.07, 6.45) is -70.9. The van der Waals surface area contributed by atoms with Gasteiger partial charge in [-0.2, -0.15) is 0 Å². The van der Waals surface area contributed by atoms with E-state index in [9.17, 15) is 107 Å². The number of rotatable bonds is 8. The van der Waals surface area contributed by atoms with E-state index in [0.29, 0.717) is 0 Å². The molecule has 36 heteroatoms. The van der Waals surface area contributed by atoms with Gasteiger partial charge in [-0.1, -0.05) is 0 Å². The molecule has 21 fully saturated rings. The molecule has 0 unspecified atom stereocenters. The van der Waals surface area contributed by atoms with Gasteiger partial charge in [0.15, 0.2) is 44.0 Å². The molecule has 21 aliphatic rings. The van der Waals surface area contributed by atoms with E-state index in [1.54, 1.807) is 0 Å². The lowest BCUT2D eigenvalue weighted by atomic mass is 9.95. The molecule has 0 amide bonds. The van der Waals surface area contributed by atoms with Crippen molar-refractivity contribution < 1.29 is 178 Å². The number of aliphatic hydroxyl groups excluding tert-OH is 20. The van der Waals surface area contributed by atoms with Gasteiger partial charge in [-0.25, -0.2) is 0 Å². The smallest absolute Gasteiger partial charge is 0.302 e. The quantitative estimate of drug-likeness (QED) is 0.100. The number of hydrogen-bond acceptors (Lipinski definition) is 36. The second kappa shape index (κ2) is 27.2. The topological polar surface area (TPSA) is 560 Å². The number of esters is 1. The van der Waals surface area contributed by atoms with E-state index in [2.05, 4.69) is 0 Å². The highest BCUT2D eigenvalue weighted by Gasteiger charge is 2.59. The first-order valence-electron chi connectivity index (χ1n) is 25.5. The molecule has 20 N–H and O–H groups in total. The predicted octanol–water partition coefficient (Wildman–Crippen LogP) is -14.7. The lowest BCUT2D eigenvalue weighted by molar-refractivity contribution is -0.396. The summed E-state index contributed by atoms with van der Waals surface area (Å²) in [4.78, 5) is 12.0. The standard InChI is InChI=1S/C44H72O36/c1-9(51)66-8-16-37-23(58)30(65)44(73-16)79-36-15(7-50)71-42(28(63)21(36)56)77-34-13(5-48)69-40(26(61)19(34)54)75-32-11(3-46)67-38(24(59)17(32)52)74-31-10(2-45)68-39(25(60)18(31)53)76-33-12(4-47)70-41(27(62)20(33)55)78-35-14(6-49)72-43(80-37)29(64)22(35)57/h10-50,52-65H,2-8H2,1H3/t10-,11-,12-,13-,14-,15-,16-,17-,18-,19-,20-,21-,22-,23-,24-,25-,26-,27-,28-,29-,30-,31-,32-,33-,34-,35-,36-,37-,38-,39-,40-,41-,42-,43-,44-/m1/s1. The largest absolute Gasteiger partial charge is 0.463 e. The summed E-state index contributed by atoms with van der Waals surface area (Å²) in [7, 11) is 0. The van der Waals surface area contributed by atoms with E-state index in [0.717, 1.165) is 6.92 Å². The lowest BCUT2D eigenvalue weighted by Crippen LogP contribution is -2.68. The van der Waals surface area contributed by atoms with Crippen LogP contribution in [0.15, 0.2) is 0 Å². The number of carbonyl (C=O) groups excluding carboxylic acids is 1. The third kappa shape index (κ3) is 12.8. The maximum absolute atomic E-state index is 12.0. The van der Waals surface area contributed by atoms with E-state index >= 15 is 0 Å². The minimum atomic E-state index is -2.24. The molecular formula is C44H72O36. The Morgan fingerprint density at radius 1 is 0.263 bits per heavy atom. The van der Waals surface area contributed by atoms with Gasteiger partial charge in [0.1, 0.15) is 178 Å². The third-order valence-electron chi connectivity index (χ3n) is 15.1. The van der Waals surface area contributed by atoms with Gasteiger partial charge in [0.25, 0.3) is 0 Å². The Morgan fingerprint density at radius 3 is 0.562 bits per heavy atom. The lowest BCUT2D eigenvalue weighted by Gasteiger charge is -2.50. The highest BCUT2D eigenvalue weighted by Crippen LogP contribution is 2.39. The second-order valence-electron chi connectivity index (χ2n) is 20.3. The zero-order valence-electron chi connectivity index (χ0n) is 42.1. The monoisotopic (exact) mass is 1180 g/mol. The van der Waals surface area contributed by atoms with Crippen LogP contribution >= 0.6 is 0 Å². The summed E-state index contributed by atoms with van der Waals surface area (Å²) >= 11 is 0. The van der Waals surface area contributed by atoms with Crippen molar-refractivity contribution in [3.63, 3.8) is 0 Å². The second-order valence-corrected chi connectivity index (χ2v) is 20.3. The number of carbonyl (C=O) groups is 1. The van der Waals surface area contributed by atoms with Crippen molar-refractivity contribution in [3.8, 4) is 0 Å². The summed E-state index contributed by atoms with van der Waals surface area (Å²) in [6.45, 7) is -6.19. The summed E-state index contributed by atoms with van der Waals surface area (Å²) in [5.41, 5.74) is 0. The van der Waals surface area contributed by atoms with E-state index in [1.807, 2.05) is 0 Å². The van der Waals surface area contributed by atoms with Gasteiger partial charge in [-0.05, 0) is 0 Å². The fourth-order valence-electron chi connectivity index (χ4n) is 10.6. The van der Waals surface area contributed by atoms with Crippen LogP contribution in [-0.4, -0.2) is 369 Å². The molecule has 464 valence electrons. The normalized spacial score (nSPS) is 53.6. The zero-order chi connectivity index (χ0) is 58.3. The Bertz CT molecular complexity index is 1930. The molecule has 0 aromatic carbocycles. The van der Waals surface area contributed by atoms with Gasteiger partial charge >= 0.3 is 5.97 Å². The molecule has 0 spiro atoms.